The van der Waals surface area contributed by atoms with Gasteiger partial charge >= 0.3 is 7.12 Å². The highest BCUT2D eigenvalue weighted by molar-refractivity contribution is 6.58. The molecule has 0 amide bonds. The Hall–Kier alpha value is -0.945. The third kappa shape index (κ3) is 2.41. The molecule has 3 N–H and O–H groups in total. The predicted octanol–water partition coefficient (Wildman–Crippen LogP) is -0.834. The largest absolute Gasteiger partial charge is 0.488 e. The SMILES string of the molecule is OB(O)c1ccc(C2CNCCO2)c(F)c1. The van der Waals surface area contributed by atoms with Crippen LogP contribution in [0, 0.1) is 5.82 Å². The Labute approximate surface area is 93.2 Å². The quantitative estimate of drug-likeness (QED) is 0.574. The van der Waals surface area contributed by atoms with Crippen molar-refractivity contribution in [3.8, 4) is 0 Å². The zero-order valence-corrected chi connectivity index (χ0v) is 8.69. The van der Waals surface area contributed by atoms with Crippen molar-refractivity contribution < 1.29 is 19.2 Å². The number of nitrogens with one attached hydrogen (secondary N) is 1. The summed E-state index contributed by atoms with van der Waals surface area (Å²) in [5.74, 6) is -0.473. The van der Waals surface area contributed by atoms with Crippen molar-refractivity contribution in [1.82, 2.24) is 5.32 Å². The number of hydrogen-bond donors (Lipinski definition) is 3. The van der Waals surface area contributed by atoms with Gasteiger partial charge in [-0.1, -0.05) is 12.1 Å². The minimum absolute atomic E-state index is 0.144. The van der Waals surface area contributed by atoms with Crippen molar-refractivity contribution in [3.63, 3.8) is 0 Å². The summed E-state index contributed by atoms with van der Waals surface area (Å²) in [7, 11) is -1.64. The summed E-state index contributed by atoms with van der Waals surface area (Å²) in [5.41, 5.74) is 0.585. The van der Waals surface area contributed by atoms with E-state index >= 15 is 0 Å². The second-order valence-corrected chi connectivity index (χ2v) is 3.72. The maximum atomic E-state index is 13.7. The first kappa shape index (κ1) is 11.5. The molecule has 1 aromatic carbocycles. The van der Waals surface area contributed by atoms with Crippen molar-refractivity contribution in [2.24, 2.45) is 0 Å². The Bertz CT molecular complexity index is 369. The van der Waals surface area contributed by atoms with E-state index in [9.17, 15) is 4.39 Å². The molecule has 1 unspecified atom stereocenters. The van der Waals surface area contributed by atoms with Crippen molar-refractivity contribution in [2.45, 2.75) is 6.10 Å². The predicted molar refractivity (Wildman–Crippen MR) is 57.8 cm³/mol. The van der Waals surface area contributed by atoms with E-state index in [4.69, 9.17) is 14.8 Å². The van der Waals surface area contributed by atoms with Crippen LogP contribution in [0.2, 0.25) is 0 Å². The Morgan fingerprint density at radius 3 is 2.81 bits per heavy atom. The number of ether oxygens (including phenoxy) is 1. The van der Waals surface area contributed by atoms with E-state index in [1.165, 1.54) is 12.1 Å². The maximum Gasteiger partial charge on any atom is 0.488 e. The zero-order chi connectivity index (χ0) is 11.5. The van der Waals surface area contributed by atoms with E-state index in [0.717, 1.165) is 12.6 Å². The fourth-order valence-electron chi connectivity index (χ4n) is 1.73. The Morgan fingerprint density at radius 2 is 2.25 bits per heavy atom. The molecule has 4 nitrogen and oxygen atoms in total. The van der Waals surface area contributed by atoms with Gasteiger partial charge in [-0.2, -0.15) is 0 Å². The van der Waals surface area contributed by atoms with Crippen LogP contribution in [0.4, 0.5) is 4.39 Å². The minimum atomic E-state index is -1.64. The lowest BCUT2D eigenvalue weighted by Crippen LogP contribution is -2.35. The van der Waals surface area contributed by atoms with Crippen LogP contribution in [-0.4, -0.2) is 36.9 Å². The van der Waals surface area contributed by atoms with Gasteiger partial charge in [0.2, 0.25) is 0 Å². The van der Waals surface area contributed by atoms with E-state index in [1.807, 2.05) is 0 Å². The summed E-state index contributed by atoms with van der Waals surface area (Å²) in [5, 5.41) is 20.9. The molecular formula is C10H13BFNO3. The molecule has 1 aliphatic rings. The third-order valence-corrected chi connectivity index (χ3v) is 2.60. The van der Waals surface area contributed by atoms with Gasteiger partial charge in [-0.15, -0.1) is 0 Å². The van der Waals surface area contributed by atoms with E-state index in [-0.39, 0.29) is 11.6 Å². The van der Waals surface area contributed by atoms with E-state index in [2.05, 4.69) is 5.32 Å². The molecule has 86 valence electrons. The Kier molecular flexibility index (Phi) is 3.55. The molecule has 0 saturated carbocycles. The second kappa shape index (κ2) is 4.92. The highest BCUT2D eigenvalue weighted by Gasteiger charge is 2.21. The molecule has 0 bridgehead atoms. The summed E-state index contributed by atoms with van der Waals surface area (Å²) in [6.07, 6.45) is -0.307. The van der Waals surface area contributed by atoms with Crippen molar-refractivity contribution >= 4 is 12.6 Å². The number of hydrogen-bond acceptors (Lipinski definition) is 4. The van der Waals surface area contributed by atoms with Gasteiger partial charge in [-0.25, -0.2) is 4.39 Å². The fourth-order valence-corrected chi connectivity index (χ4v) is 1.73. The number of rotatable bonds is 2. The highest BCUT2D eigenvalue weighted by atomic mass is 19.1. The first-order valence-electron chi connectivity index (χ1n) is 5.16. The van der Waals surface area contributed by atoms with Crippen LogP contribution in [0.3, 0.4) is 0 Å². The van der Waals surface area contributed by atoms with Gasteiger partial charge < -0.3 is 20.1 Å². The van der Waals surface area contributed by atoms with Crippen LogP contribution in [0.15, 0.2) is 18.2 Å². The van der Waals surface area contributed by atoms with Gasteiger partial charge in [-0.3, -0.25) is 0 Å². The van der Waals surface area contributed by atoms with Crippen molar-refractivity contribution in [3.05, 3.63) is 29.6 Å². The monoisotopic (exact) mass is 225 g/mol. The van der Waals surface area contributed by atoms with Crippen molar-refractivity contribution in [1.29, 1.82) is 0 Å². The van der Waals surface area contributed by atoms with Gasteiger partial charge in [0.15, 0.2) is 0 Å². The topological polar surface area (TPSA) is 61.7 Å². The summed E-state index contributed by atoms with van der Waals surface area (Å²) >= 11 is 0. The van der Waals surface area contributed by atoms with Crippen molar-refractivity contribution in [2.75, 3.05) is 19.7 Å². The van der Waals surface area contributed by atoms with E-state index < -0.39 is 12.9 Å². The molecule has 0 aromatic heterocycles. The molecule has 16 heavy (non-hydrogen) atoms. The molecule has 1 heterocycles. The van der Waals surface area contributed by atoms with E-state index in [1.54, 1.807) is 0 Å². The zero-order valence-electron chi connectivity index (χ0n) is 8.69. The first-order valence-corrected chi connectivity index (χ1v) is 5.16. The average Bonchev–Trinajstić information content (AvgIpc) is 2.30. The molecule has 1 fully saturated rings. The molecule has 0 radical (unpaired) electrons. The summed E-state index contributed by atoms with van der Waals surface area (Å²) in [6, 6.07) is 4.14. The van der Waals surface area contributed by atoms with Gasteiger partial charge in [0, 0.05) is 18.7 Å². The van der Waals surface area contributed by atoms with Crippen LogP contribution >= 0.6 is 0 Å². The minimum Gasteiger partial charge on any atom is -0.423 e. The molecule has 1 saturated heterocycles. The maximum absolute atomic E-state index is 13.7. The molecule has 2 rings (SSSR count). The highest BCUT2D eigenvalue weighted by Crippen LogP contribution is 2.20. The normalized spacial score (nSPS) is 20.8. The molecule has 6 heteroatoms. The standard InChI is InChI=1S/C10H13BFNO3/c12-9-5-7(11(14)15)1-2-8(9)10-6-13-3-4-16-10/h1-2,5,10,13-15H,3-4,6H2. The molecule has 0 spiro atoms. The average molecular weight is 225 g/mol. The number of benzene rings is 1. The fraction of sp³-hybridized carbons (Fsp3) is 0.400. The number of morpholine rings is 1. The van der Waals surface area contributed by atoms with Crippen LogP contribution in [-0.2, 0) is 4.74 Å². The van der Waals surface area contributed by atoms with Gasteiger partial charge in [0.05, 0.1) is 12.7 Å². The summed E-state index contributed by atoms with van der Waals surface area (Å²) in [6.45, 7) is 1.89. The molecule has 0 aliphatic carbocycles. The number of halogens is 1. The van der Waals surface area contributed by atoms with Crippen LogP contribution < -0.4 is 10.8 Å². The summed E-state index contributed by atoms with van der Waals surface area (Å²) < 4.78 is 19.1. The smallest absolute Gasteiger partial charge is 0.423 e. The molecular weight excluding hydrogens is 212 g/mol. The first-order chi connectivity index (χ1) is 7.68. The van der Waals surface area contributed by atoms with Gasteiger partial charge in [-0.05, 0) is 11.5 Å². The summed E-state index contributed by atoms with van der Waals surface area (Å²) in [4.78, 5) is 0. The Balaban J connectivity index is 2.21. The lowest BCUT2D eigenvalue weighted by molar-refractivity contribution is 0.0255. The molecule has 1 aliphatic heterocycles. The van der Waals surface area contributed by atoms with Crippen LogP contribution in [0.25, 0.3) is 0 Å². The second-order valence-electron chi connectivity index (χ2n) is 3.72. The lowest BCUT2D eigenvalue weighted by atomic mass is 9.79. The lowest BCUT2D eigenvalue weighted by Gasteiger charge is -2.24. The van der Waals surface area contributed by atoms with E-state index in [0.29, 0.717) is 18.7 Å². The molecule has 1 aromatic rings. The molecule has 1 atom stereocenters. The van der Waals surface area contributed by atoms with Crippen LogP contribution in [0.1, 0.15) is 11.7 Å². The van der Waals surface area contributed by atoms with Crippen LogP contribution in [0.5, 0.6) is 0 Å². The third-order valence-electron chi connectivity index (χ3n) is 2.60. The Morgan fingerprint density at radius 1 is 1.44 bits per heavy atom. The van der Waals surface area contributed by atoms with Gasteiger partial charge in [0.25, 0.3) is 0 Å². The van der Waals surface area contributed by atoms with Gasteiger partial charge in [0.1, 0.15) is 5.82 Å².